The summed E-state index contributed by atoms with van der Waals surface area (Å²) >= 11 is 0. The largest absolute Gasteiger partial charge is 0.478 e. The summed E-state index contributed by atoms with van der Waals surface area (Å²) in [7, 11) is 0. The molecule has 106 valence electrons. The number of benzene rings is 1. The van der Waals surface area contributed by atoms with Crippen LogP contribution in [0.1, 0.15) is 23.2 Å². The highest BCUT2D eigenvalue weighted by Gasteiger charge is 2.29. The maximum absolute atomic E-state index is 11.8. The number of anilines is 1. The molecule has 2 aromatic rings. The van der Waals surface area contributed by atoms with Crippen LogP contribution in [0.4, 0.5) is 5.69 Å². The molecule has 1 aliphatic rings. The number of pyridine rings is 1. The average Bonchev–Trinajstić information content (AvgIpc) is 3.32. The minimum absolute atomic E-state index is 0.0459. The number of carboxylic acids is 1. The van der Waals surface area contributed by atoms with Crippen LogP contribution in [0.15, 0.2) is 42.7 Å². The molecular formula is C16H14N2O3. The molecule has 0 spiro atoms. The molecule has 1 saturated carbocycles. The van der Waals surface area contributed by atoms with Gasteiger partial charge in [0.1, 0.15) is 0 Å². The van der Waals surface area contributed by atoms with Gasteiger partial charge in [0.15, 0.2) is 0 Å². The first-order chi connectivity index (χ1) is 10.1. The number of carbonyl (C=O) groups is 2. The van der Waals surface area contributed by atoms with Gasteiger partial charge < -0.3 is 10.4 Å². The first-order valence-corrected chi connectivity index (χ1v) is 6.73. The number of carbonyl (C=O) groups excluding carboxylic acids is 1. The Morgan fingerprint density at radius 3 is 2.67 bits per heavy atom. The van der Waals surface area contributed by atoms with Crippen molar-refractivity contribution in [3.8, 4) is 11.1 Å². The normalized spacial score (nSPS) is 13.7. The number of rotatable bonds is 4. The van der Waals surface area contributed by atoms with Crippen molar-refractivity contribution in [2.75, 3.05) is 5.32 Å². The number of nitrogens with zero attached hydrogens (tertiary/aromatic N) is 1. The van der Waals surface area contributed by atoms with Gasteiger partial charge in [-0.1, -0.05) is 12.1 Å². The number of aromatic nitrogens is 1. The van der Waals surface area contributed by atoms with Gasteiger partial charge in [-0.3, -0.25) is 9.78 Å². The van der Waals surface area contributed by atoms with Crippen LogP contribution in [0, 0.1) is 5.92 Å². The standard InChI is InChI=1S/C16H14N2O3/c19-15(10-4-5-10)18-14-3-1-2-11(7-14)12-6-13(16(20)21)9-17-8-12/h1-3,6-10H,4-5H2,(H,18,19)(H,20,21). The number of nitrogens with one attached hydrogen (secondary N) is 1. The molecule has 5 nitrogen and oxygen atoms in total. The zero-order valence-electron chi connectivity index (χ0n) is 11.2. The monoisotopic (exact) mass is 282 g/mol. The SMILES string of the molecule is O=C(O)c1cncc(-c2cccc(NC(=O)C3CC3)c2)c1. The van der Waals surface area contributed by atoms with E-state index >= 15 is 0 Å². The maximum atomic E-state index is 11.8. The molecule has 1 aliphatic carbocycles. The third kappa shape index (κ3) is 3.08. The first-order valence-electron chi connectivity index (χ1n) is 6.73. The zero-order valence-corrected chi connectivity index (χ0v) is 11.2. The van der Waals surface area contributed by atoms with Crippen molar-refractivity contribution in [3.05, 3.63) is 48.3 Å². The molecule has 5 heteroatoms. The van der Waals surface area contributed by atoms with E-state index in [0.29, 0.717) is 11.3 Å². The lowest BCUT2D eigenvalue weighted by atomic mass is 10.1. The van der Waals surface area contributed by atoms with E-state index in [9.17, 15) is 9.59 Å². The van der Waals surface area contributed by atoms with Gasteiger partial charge in [-0.15, -0.1) is 0 Å². The quantitative estimate of drug-likeness (QED) is 0.903. The average molecular weight is 282 g/mol. The highest BCUT2D eigenvalue weighted by atomic mass is 16.4. The van der Waals surface area contributed by atoms with Crippen LogP contribution in [-0.2, 0) is 4.79 Å². The van der Waals surface area contributed by atoms with Crippen molar-refractivity contribution >= 4 is 17.6 Å². The molecule has 1 fully saturated rings. The van der Waals surface area contributed by atoms with Crippen LogP contribution in [0.5, 0.6) is 0 Å². The van der Waals surface area contributed by atoms with Gasteiger partial charge in [0.05, 0.1) is 5.56 Å². The Kier molecular flexibility index (Phi) is 3.39. The Labute approximate surface area is 121 Å². The summed E-state index contributed by atoms with van der Waals surface area (Å²) < 4.78 is 0. The van der Waals surface area contributed by atoms with Crippen LogP contribution in [0.25, 0.3) is 11.1 Å². The molecule has 0 atom stereocenters. The predicted octanol–water partition coefficient (Wildman–Crippen LogP) is 2.80. The van der Waals surface area contributed by atoms with E-state index in [2.05, 4.69) is 10.3 Å². The van der Waals surface area contributed by atoms with Gasteiger partial charge in [-0.05, 0) is 36.6 Å². The highest BCUT2D eigenvalue weighted by molar-refractivity contribution is 5.94. The maximum Gasteiger partial charge on any atom is 0.337 e. The Hall–Kier alpha value is -2.69. The molecule has 0 bridgehead atoms. The van der Waals surface area contributed by atoms with Crippen LogP contribution in [-0.4, -0.2) is 22.0 Å². The predicted molar refractivity (Wildman–Crippen MR) is 78.0 cm³/mol. The topological polar surface area (TPSA) is 79.3 Å². The lowest BCUT2D eigenvalue weighted by Gasteiger charge is -2.07. The number of hydrogen-bond acceptors (Lipinski definition) is 3. The van der Waals surface area contributed by atoms with E-state index in [-0.39, 0.29) is 17.4 Å². The van der Waals surface area contributed by atoms with Gasteiger partial charge >= 0.3 is 5.97 Å². The summed E-state index contributed by atoms with van der Waals surface area (Å²) in [5.41, 5.74) is 2.38. The molecule has 1 aromatic carbocycles. The third-order valence-electron chi connectivity index (χ3n) is 3.40. The van der Waals surface area contributed by atoms with Gasteiger partial charge in [-0.25, -0.2) is 4.79 Å². The van der Waals surface area contributed by atoms with Gasteiger partial charge in [0.25, 0.3) is 0 Å². The summed E-state index contributed by atoms with van der Waals surface area (Å²) in [6, 6.07) is 8.89. The fraction of sp³-hybridized carbons (Fsp3) is 0.188. The van der Waals surface area contributed by atoms with E-state index in [1.807, 2.05) is 24.3 Å². The van der Waals surface area contributed by atoms with E-state index < -0.39 is 5.97 Å². The van der Waals surface area contributed by atoms with Crippen molar-refractivity contribution in [1.82, 2.24) is 4.98 Å². The number of carboxylic acid groups (broad SMARTS) is 1. The Bertz CT molecular complexity index is 708. The van der Waals surface area contributed by atoms with Crippen molar-refractivity contribution in [2.45, 2.75) is 12.8 Å². The Balaban J connectivity index is 1.86. The van der Waals surface area contributed by atoms with E-state index in [0.717, 1.165) is 18.4 Å². The molecule has 0 saturated heterocycles. The van der Waals surface area contributed by atoms with Gasteiger partial charge in [0, 0.05) is 29.6 Å². The van der Waals surface area contributed by atoms with E-state index in [4.69, 9.17) is 5.11 Å². The summed E-state index contributed by atoms with van der Waals surface area (Å²) in [5.74, 6) is -0.822. The number of hydrogen-bond donors (Lipinski definition) is 2. The van der Waals surface area contributed by atoms with Crippen LogP contribution in [0.3, 0.4) is 0 Å². The molecule has 0 aliphatic heterocycles. The number of amides is 1. The Morgan fingerprint density at radius 2 is 1.95 bits per heavy atom. The summed E-state index contributed by atoms with van der Waals surface area (Å²) in [5, 5.41) is 11.9. The molecule has 2 N–H and O–H groups in total. The minimum atomic E-state index is -1.01. The highest BCUT2D eigenvalue weighted by Crippen LogP contribution is 2.30. The van der Waals surface area contributed by atoms with Crippen molar-refractivity contribution in [2.24, 2.45) is 5.92 Å². The summed E-state index contributed by atoms with van der Waals surface area (Å²) in [6.07, 6.45) is 4.82. The molecular weight excluding hydrogens is 268 g/mol. The van der Waals surface area contributed by atoms with Crippen LogP contribution >= 0.6 is 0 Å². The second kappa shape index (κ2) is 5.36. The third-order valence-corrected chi connectivity index (χ3v) is 3.40. The van der Waals surface area contributed by atoms with Crippen molar-refractivity contribution in [1.29, 1.82) is 0 Å². The molecule has 1 amide bonds. The zero-order chi connectivity index (χ0) is 14.8. The fourth-order valence-corrected chi connectivity index (χ4v) is 2.08. The smallest absolute Gasteiger partial charge is 0.337 e. The summed E-state index contributed by atoms with van der Waals surface area (Å²) in [4.78, 5) is 26.7. The Morgan fingerprint density at radius 1 is 1.14 bits per heavy atom. The fourth-order valence-electron chi connectivity index (χ4n) is 2.08. The number of aromatic carboxylic acids is 1. The van der Waals surface area contributed by atoms with E-state index in [1.54, 1.807) is 12.3 Å². The lowest BCUT2D eigenvalue weighted by Crippen LogP contribution is -2.13. The first kappa shape index (κ1) is 13.3. The molecule has 0 unspecified atom stereocenters. The van der Waals surface area contributed by atoms with Crippen molar-refractivity contribution in [3.63, 3.8) is 0 Å². The molecule has 1 aromatic heterocycles. The molecule has 3 rings (SSSR count). The minimum Gasteiger partial charge on any atom is -0.478 e. The molecule has 21 heavy (non-hydrogen) atoms. The van der Waals surface area contributed by atoms with Gasteiger partial charge in [0.2, 0.25) is 5.91 Å². The van der Waals surface area contributed by atoms with Crippen LogP contribution in [0.2, 0.25) is 0 Å². The van der Waals surface area contributed by atoms with E-state index in [1.165, 1.54) is 6.20 Å². The molecule has 0 radical (unpaired) electrons. The van der Waals surface area contributed by atoms with Crippen molar-refractivity contribution < 1.29 is 14.7 Å². The second-order valence-electron chi connectivity index (χ2n) is 5.11. The molecule has 1 heterocycles. The second-order valence-corrected chi connectivity index (χ2v) is 5.11. The lowest BCUT2D eigenvalue weighted by molar-refractivity contribution is -0.117. The summed E-state index contributed by atoms with van der Waals surface area (Å²) in [6.45, 7) is 0. The van der Waals surface area contributed by atoms with Crippen LogP contribution < -0.4 is 5.32 Å². The van der Waals surface area contributed by atoms with Gasteiger partial charge in [-0.2, -0.15) is 0 Å².